The zero-order valence-electron chi connectivity index (χ0n) is 8.82. The molecule has 4 nitrogen and oxygen atoms in total. The summed E-state index contributed by atoms with van der Waals surface area (Å²) in [6.45, 7) is 3.17. The van der Waals surface area contributed by atoms with Crippen LogP contribution in [0, 0.1) is 5.41 Å². The van der Waals surface area contributed by atoms with Gasteiger partial charge >= 0.3 is 0 Å². The van der Waals surface area contributed by atoms with Crippen molar-refractivity contribution >= 4 is 9.84 Å². The van der Waals surface area contributed by atoms with Gasteiger partial charge in [0.25, 0.3) is 0 Å². The maximum Gasteiger partial charge on any atom is 0.147 e. The van der Waals surface area contributed by atoms with Crippen LogP contribution in [0.15, 0.2) is 0 Å². The molecule has 14 heavy (non-hydrogen) atoms. The third kappa shape index (κ3) is 2.68. The zero-order chi connectivity index (χ0) is 10.8. The van der Waals surface area contributed by atoms with Crippen LogP contribution in [0.5, 0.6) is 0 Å². The molecule has 0 aromatic heterocycles. The SMILES string of the molecule is CC1OCCC1(CN)CCS(C)(=O)=O. The van der Waals surface area contributed by atoms with E-state index in [0.717, 1.165) is 6.42 Å². The van der Waals surface area contributed by atoms with E-state index in [-0.39, 0.29) is 17.3 Å². The minimum atomic E-state index is -2.89. The van der Waals surface area contributed by atoms with E-state index in [4.69, 9.17) is 10.5 Å². The smallest absolute Gasteiger partial charge is 0.147 e. The van der Waals surface area contributed by atoms with E-state index < -0.39 is 9.84 Å². The molecule has 1 rings (SSSR count). The molecule has 84 valence electrons. The van der Waals surface area contributed by atoms with Gasteiger partial charge in [-0.1, -0.05) is 0 Å². The topological polar surface area (TPSA) is 69.4 Å². The highest BCUT2D eigenvalue weighted by atomic mass is 32.2. The highest BCUT2D eigenvalue weighted by Gasteiger charge is 2.40. The first-order valence-corrected chi connectivity index (χ1v) is 6.95. The molecule has 0 amide bonds. The van der Waals surface area contributed by atoms with Gasteiger partial charge in [0.2, 0.25) is 0 Å². The lowest BCUT2D eigenvalue weighted by atomic mass is 9.79. The summed E-state index contributed by atoms with van der Waals surface area (Å²) in [5.41, 5.74) is 5.59. The summed E-state index contributed by atoms with van der Waals surface area (Å²) in [6.07, 6.45) is 2.83. The average molecular weight is 221 g/mol. The molecule has 5 heteroatoms. The van der Waals surface area contributed by atoms with E-state index in [1.807, 2.05) is 6.92 Å². The first kappa shape index (κ1) is 11.9. The Morgan fingerprint density at radius 2 is 2.21 bits per heavy atom. The largest absolute Gasteiger partial charge is 0.378 e. The molecule has 1 fully saturated rings. The van der Waals surface area contributed by atoms with Crippen molar-refractivity contribution < 1.29 is 13.2 Å². The van der Waals surface area contributed by atoms with Crippen molar-refractivity contribution in [2.45, 2.75) is 25.9 Å². The van der Waals surface area contributed by atoms with Crippen molar-refractivity contribution in [3.8, 4) is 0 Å². The van der Waals surface area contributed by atoms with Crippen LogP contribution in [0.25, 0.3) is 0 Å². The molecular formula is C9H19NO3S. The van der Waals surface area contributed by atoms with Crippen molar-refractivity contribution in [3.63, 3.8) is 0 Å². The van der Waals surface area contributed by atoms with Gasteiger partial charge in [-0.05, 0) is 19.8 Å². The number of rotatable bonds is 4. The fourth-order valence-corrected chi connectivity index (χ4v) is 2.68. The number of hydrogen-bond acceptors (Lipinski definition) is 4. The highest BCUT2D eigenvalue weighted by molar-refractivity contribution is 7.90. The summed E-state index contributed by atoms with van der Waals surface area (Å²) >= 11 is 0. The Hall–Kier alpha value is -0.130. The van der Waals surface area contributed by atoms with E-state index >= 15 is 0 Å². The van der Waals surface area contributed by atoms with Crippen molar-refractivity contribution in [3.05, 3.63) is 0 Å². The number of sulfone groups is 1. The molecule has 0 saturated carbocycles. The average Bonchev–Trinajstić information content (AvgIpc) is 2.43. The Morgan fingerprint density at radius 3 is 2.57 bits per heavy atom. The second-order valence-corrected chi connectivity index (χ2v) is 6.47. The van der Waals surface area contributed by atoms with Gasteiger partial charge in [0.15, 0.2) is 0 Å². The van der Waals surface area contributed by atoms with Gasteiger partial charge < -0.3 is 10.5 Å². The number of ether oxygens (including phenoxy) is 1. The van der Waals surface area contributed by atoms with Gasteiger partial charge in [-0.3, -0.25) is 0 Å². The van der Waals surface area contributed by atoms with Crippen LogP contribution >= 0.6 is 0 Å². The van der Waals surface area contributed by atoms with E-state index in [2.05, 4.69) is 0 Å². The summed E-state index contributed by atoms with van der Waals surface area (Å²) in [5, 5.41) is 0. The van der Waals surface area contributed by atoms with Gasteiger partial charge in [-0.15, -0.1) is 0 Å². The molecule has 0 aromatic rings. The van der Waals surface area contributed by atoms with Crippen LogP contribution in [-0.2, 0) is 14.6 Å². The van der Waals surface area contributed by atoms with Crippen molar-refractivity contribution in [1.82, 2.24) is 0 Å². The minimum absolute atomic E-state index is 0.0780. The monoisotopic (exact) mass is 221 g/mol. The predicted octanol–water partition coefficient (Wildman–Crippen LogP) is 0.175. The molecule has 0 radical (unpaired) electrons. The zero-order valence-corrected chi connectivity index (χ0v) is 9.64. The summed E-state index contributed by atoms with van der Waals surface area (Å²) in [7, 11) is -2.89. The number of nitrogens with two attached hydrogens (primary N) is 1. The lowest BCUT2D eigenvalue weighted by molar-refractivity contribution is 0.0658. The van der Waals surface area contributed by atoms with Gasteiger partial charge in [-0.25, -0.2) is 8.42 Å². The Kier molecular flexibility index (Phi) is 3.55. The fraction of sp³-hybridized carbons (Fsp3) is 1.00. The molecule has 1 aliphatic heterocycles. The minimum Gasteiger partial charge on any atom is -0.378 e. The standard InChI is InChI=1S/C9H19NO3S/c1-8-9(7-10,3-5-13-8)4-6-14(2,11)12/h8H,3-7,10H2,1-2H3. The number of hydrogen-bond donors (Lipinski definition) is 1. The molecule has 1 aliphatic rings. The van der Waals surface area contributed by atoms with E-state index in [1.54, 1.807) is 0 Å². The van der Waals surface area contributed by atoms with Crippen LogP contribution in [0.3, 0.4) is 0 Å². The van der Waals surface area contributed by atoms with Crippen LogP contribution < -0.4 is 5.73 Å². The van der Waals surface area contributed by atoms with Crippen LogP contribution in [0.1, 0.15) is 19.8 Å². The Bertz CT molecular complexity index is 288. The van der Waals surface area contributed by atoms with Crippen molar-refractivity contribution in [1.29, 1.82) is 0 Å². The molecule has 2 N–H and O–H groups in total. The van der Waals surface area contributed by atoms with Gasteiger partial charge in [-0.2, -0.15) is 0 Å². The second kappa shape index (κ2) is 4.16. The summed E-state index contributed by atoms with van der Waals surface area (Å²) in [6, 6.07) is 0. The molecule has 0 aliphatic carbocycles. The Morgan fingerprint density at radius 1 is 1.57 bits per heavy atom. The van der Waals surface area contributed by atoms with Crippen molar-refractivity contribution in [2.24, 2.45) is 11.1 Å². The van der Waals surface area contributed by atoms with E-state index in [0.29, 0.717) is 19.6 Å². The predicted molar refractivity (Wildman–Crippen MR) is 55.8 cm³/mol. The second-order valence-electron chi connectivity index (χ2n) is 4.21. The first-order chi connectivity index (χ1) is 6.40. The lowest BCUT2D eigenvalue weighted by Crippen LogP contribution is -2.38. The molecule has 1 heterocycles. The third-order valence-corrected chi connectivity index (χ3v) is 4.15. The molecule has 0 spiro atoms. The molecule has 0 bridgehead atoms. The molecule has 2 unspecified atom stereocenters. The third-order valence-electron chi connectivity index (χ3n) is 3.21. The normalized spacial score (nSPS) is 33.5. The maximum absolute atomic E-state index is 11.1. The fourth-order valence-electron chi connectivity index (χ4n) is 1.91. The van der Waals surface area contributed by atoms with Crippen molar-refractivity contribution in [2.75, 3.05) is 25.2 Å². The summed E-state index contributed by atoms with van der Waals surface area (Å²) in [5.74, 6) is 0.206. The Labute approximate surface area is 85.7 Å². The Balaban J connectivity index is 2.63. The molecule has 2 atom stereocenters. The summed E-state index contributed by atoms with van der Waals surface area (Å²) in [4.78, 5) is 0. The van der Waals surface area contributed by atoms with Gasteiger partial charge in [0, 0.05) is 24.8 Å². The van der Waals surface area contributed by atoms with E-state index in [9.17, 15) is 8.42 Å². The molecule has 0 aromatic carbocycles. The molecular weight excluding hydrogens is 202 g/mol. The lowest BCUT2D eigenvalue weighted by Gasteiger charge is -2.30. The maximum atomic E-state index is 11.1. The summed E-state index contributed by atoms with van der Waals surface area (Å²) < 4.78 is 27.6. The van der Waals surface area contributed by atoms with Gasteiger partial charge in [0.05, 0.1) is 11.9 Å². The highest BCUT2D eigenvalue weighted by Crippen LogP contribution is 2.37. The molecule has 1 saturated heterocycles. The van der Waals surface area contributed by atoms with Crippen LogP contribution in [0.2, 0.25) is 0 Å². The first-order valence-electron chi connectivity index (χ1n) is 4.89. The van der Waals surface area contributed by atoms with Crippen LogP contribution in [0.4, 0.5) is 0 Å². The quantitative estimate of drug-likeness (QED) is 0.735. The van der Waals surface area contributed by atoms with Crippen LogP contribution in [-0.4, -0.2) is 39.7 Å². The van der Waals surface area contributed by atoms with Gasteiger partial charge in [0.1, 0.15) is 9.84 Å². The van der Waals surface area contributed by atoms with E-state index in [1.165, 1.54) is 6.26 Å².